The molecule has 26 heavy (non-hydrogen) atoms. The quantitative estimate of drug-likeness (QED) is 0.783. The van der Waals surface area contributed by atoms with E-state index in [0.717, 1.165) is 5.56 Å². The molecule has 1 unspecified atom stereocenters. The van der Waals surface area contributed by atoms with Crippen LogP contribution in [0.1, 0.15) is 24.0 Å². The van der Waals surface area contributed by atoms with Gasteiger partial charge in [0.1, 0.15) is 0 Å². The van der Waals surface area contributed by atoms with E-state index in [1.807, 2.05) is 13.0 Å². The normalized spacial score (nSPS) is 18.9. The highest BCUT2D eigenvalue weighted by atomic mass is 32.2. The van der Waals surface area contributed by atoms with Crippen molar-refractivity contribution in [3.8, 4) is 0 Å². The maximum absolute atomic E-state index is 13.2. The molecule has 0 radical (unpaired) electrons. The number of aryl methyl sites for hydroxylation is 2. The second-order valence-corrected chi connectivity index (χ2v) is 10.7. The lowest BCUT2D eigenvalue weighted by atomic mass is 10.2. The average Bonchev–Trinajstić information content (AvgIpc) is 3.06. The molecule has 0 aliphatic carbocycles. The van der Waals surface area contributed by atoms with E-state index in [2.05, 4.69) is 0 Å². The first kappa shape index (κ1) is 19.1. The number of hydrogen-bond donors (Lipinski definition) is 0. The molecular formula is C19H23NO4S2. The predicted molar refractivity (Wildman–Crippen MR) is 101 cm³/mol. The van der Waals surface area contributed by atoms with Crippen LogP contribution < -0.4 is 0 Å². The smallest absolute Gasteiger partial charge is 0.224 e. The number of nitrogens with zero attached hydrogens (tertiary/aromatic N) is 1. The van der Waals surface area contributed by atoms with Crippen LogP contribution in [-0.2, 0) is 19.9 Å². The van der Waals surface area contributed by atoms with E-state index in [9.17, 15) is 16.8 Å². The fraction of sp³-hybridized carbons (Fsp3) is 0.368. The van der Waals surface area contributed by atoms with E-state index >= 15 is 0 Å². The first-order valence-corrected chi connectivity index (χ1v) is 11.7. The van der Waals surface area contributed by atoms with Crippen molar-refractivity contribution in [2.45, 2.75) is 42.5 Å². The van der Waals surface area contributed by atoms with Crippen molar-refractivity contribution >= 4 is 19.9 Å². The van der Waals surface area contributed by atoms with E-state index in [-0.39, 0.29) is 15.5 Å². The van der Waals surface area contributed by atoms with Gasteiger partial charge in [-0.3, -0.25) is 0 Å². The van der Waals surface area contributed by atoms with Gasteiger partial charge in [0.05, 0.1) is 15.5 Å². The van der Waals surface area contributed by atoms with Crippen molar-refractivity contribution in [3.05, 3.63) is 59.7 Å². The molecule has 2 aromatic carbocycles. The second-order valence-electron chi connectivity index (χ2n) is 6.78. The Morgan fingerprint density at radius 1 is 1.00 bits per heavy atom. The van der Waals surface area contributed by atoms with Crippen molar-refractivity contribution in [2.75, 3.05) is 12.3 Å². The first-order valence-electron chi connectivity index (χ1n) is 8.59. The third kappa shape index (κ3) is 3.70. The van der Waals surface area contributed by atoms with Crippen molar-refractivity contribution < 1.29 is 16.8 Å². The zero-order valence-corrected chi connectivity index (χ0v) is 16.6. The first-order chi connectivity index (χ1) is 12.2. The third-order valence-electron chi connectivity index (χ3n) is 4.77. The molecule has 0 N–H and O–H groups in total. The highest BCUT2D eigenvalue weighted by molar-refractivity contribution is 7.91. The number of benzene rings is 2. The molecule has 3 rings (SSSR count). The van der Waals surface area contributed by atoms with Crippen molar-refractivity contribution in [1.82, 2.24) is 4.31 Å². The van der Waals surface area contributed by atoms with Gasteiger partial charge in [0, 0.05) is 12.6 Å². The number of rotatable bonds is 5. The molecule has 2 aromatic rings. The molecule has 1 aliphatic heterocycles. The Morgan fingerprint density at radius 2 is 1.69 bits per heavy atom. The lowest BCUT2D eigenvalue weighted by molar-refractivity contribution is 0.407. The monoisotopic (exact) mass is 393 g/mol. The molecule has 1 fully saturated rings. The largest absolute Gasteiger partial charge is 0.243 e. The fourth-order valence-electron chi connectivity index (χ4n) is 3.38. The molecule has 1 atom stereocenters. The molecule has 1 heterocycles. The Hall–Kier alpha value is -1.70. The van der Waals surface area contributed by atoms with E-state index in [1.54, 1.807) is 49.4 Å². The Labute approximate surface area is 155 Å². The van der Waals surface area contributed by atoms with Gasteiger partial charge in [-0.15, -0.1) is 0 Å². The standard InChI is InChI=1S/C19H23NO4S2/c1-15-10-11-16(2)19(13-15)26(23,24)20-12-6-7-17(20)14-25(21,22)18-8-4-3-5-9-18/h3-5,8-11,13,17H,6-7,12,14H2,1-2H3. The molecule has 0 spiro atoms. The van der Waals surface area contributed by atoms with Gasteiger partial charge < -0.3 is 0 Å². The SMILES string of the molecule is Cc1ccc(C)c(S(=O)(=O)N2CCCC2CS(=O)(=O)c2ccccc2)c1. The molecule has 0 saturated carbocycles. The average molecular weight is 394 g/mol. The molecule has 0 amide bonds. The minimum atomic E-state index is -3.73. The van der Waals surface area contributed by atoms with Crippen LogP contribution in [0.15, 0.2) is 58.3 Å². The summed E-state index contributed by atoms with van der Waals surface area (Å²) in [5.41, 5.74) is 1.54. The summed E-state index contributed by atoms with van der Waals surface area (Å²) in [6.45, 7) is 3.96. The summed E-state index contributed by atoms with van der Waals surface area (Å²) in [6.07, 6.45) is 1.22. The summed E-state index contributed by atoms with van der Waals surface area (Å²) in [7, 11) is -7.27. The van der Waals surface area contributed by atoms with E-state index < -0.39 is 25.9 Å². The van der Waals surface area contributed by atoms with Gasteiger partial charge in [0.15, 0.2) is 9.84 Å². The molecule has 140 valence electrons. The minimum absolute atomic E-state index is 0.193. The number of hydrogen-bond acceptors (Lipinski definition) is 4. The lowest BCUT2D eigenvalue weighted by Gasteiger charge is -2.25. The van der Waals surface area contributed by atoms with Gasteiger partial charge in [-0.2, -0.15) is 4.31 Å². The van der Waals surface area contributed by atoms with Gasteiger partial charge in [0.2, 0.25) is 10.0 Å². The Bertz CT molecular complexity index is 999. The summed E-state index contributed by atoms with van der Waals surface area (Å²) >= 11 is 0. The van der Waals surface area contributed by atoms with Crippen LogP contribution in [0, 0.1) is 13.8 Å². The minimum Gasteiger partial charge on any atom is -0.224 e. The van der Waals surface area contributed by atoms with Gasteiger partial charge in [-0.1, -0.05) is 30.3 Å². The van der Waals surface area contributed by atoms with Crippen LogP contribution in [0.4, 0.5) is 0 Å². The number of sulfone groups is 1. The summed E-state index contributed by atoms with van der Waals surface area (Å²) < 4.78 is 53.1. The van der Waals surface area contributed by atoms with Crippen LogP contribution in [-0.4, -0.2) is 39.5 Å². The summed E-state index contributed by atoms with van der Waals surface area (Å²) in [5.74, 6) is -0.193. The Morgan fingerprint density at radius 3 is 2.38 bits per heavy atom. The summed E-state index contributed by atoms with van der Waals surface area (Å²) in [6, 6.07) is 13.0. The maximum Gasteiger partial charge on any atom is 0.243 e. The van der Waals surface area contributed by atoms with Gasteiger partial charge in [-0.25, -0.2) is 16.8 Å². The Kier molecular flexibility index (Phi) is 5.23. The molecule has 0 aromatic heterocycles. The van der Waals surface area contributed by atoms with Gasteiger partial charge >= 0.3 is 0 Å². The van der Waals surface area contributed by atoms with E-state index in [0.29, 0.717) is 24.9 Å². The highest BCUT2D eigenvalue weighted by Gasteiger charge is 2.38. The van der Waals surface area contributed by atoms with Crippen molar-refractivity contribution in [3.63, 3.8) is 0 Å². The lowest BCUT2D eigenvalue weighted by Crippen LogP contribution is -2.39. The summed E-state index contributed by atoms with van der Waals surface area (Å²) in [4.78, 5) is 0.498. The van der Waals surface area contributed by atoms with Crippen LogP contribution in [0.5, 0.6) is 0 Å². The molecule has 7 heteroatoms. The second kappa shape index (κ2) is 7.13. The van der Waals surface area contributed by atoms with Crippen LogP contribution in [0.3, 0.4) is 0 Å². The summed E-state index contributed by atoms with van der Waals surface area (Å²) in [5, 5.41) is 0. The predicted octanol–water partition coefficient (Wildman–Crippen LogP) is 2.93. The zero-order valence-electron chi connectivity index (χ0n) is 14.9. The van der Waals surface area contributed by atoms with Crippen molar-refractivity contribution in [2.24, 2.45) is 0 Å². The molecule has 1 aliphatic rings. The molecule has 1 saturated heterocycles. The van der Waals surface area contributed by atoms with E-state index in [4.69, 9.17) is 0 Å². The van der Waals surface area contributed by atoms with Gasteiger partial charge in [0.25, 0.3) is 0 Å². The molecule has 5 nitrogen and oxygen atoms in total. The van der Waals surface area contributed by atoms with Crippen LogP contribution >= 0.6 is 0 Å². The number of sulfonamides is 1. The van der Waals surface area contributed by atoms with Gasteiger partial charge in [-0.05, 0) is 56.0 Å². The topological polar surface area (TPSA) is 71.5 Å². The van der Waals surface area contributed by atoms with E-state index in [1.165, 1.54) is 4.31 Å². The highest BCUT2D eigenvalue weighted by Crippen LogP contribution is 2.30. The third-order valence-corrected chi connectivity index (χ3v) is 8.68. The fourth-order valence-corrected chi connectivity index (χ4v) is 7.10. The zero-order chi connectivity index (χ0) is 18.9. The van der Waals surface area contributed by atoms with Crippen LogP contribution in [0.2, 0.25) is 0 Å². The molecular weight excluding hydrogens is 370 g/mol. The van der Waals surface area contributed by atoms with Crippen LogP contribution in [0.25, 0.3) is 0 Å². The maximum atomic E-state index is 13.2. The Balaban J connectivity index is 1.92. The molecule has 0 bridgehead atoms. The van der Waals surface area contributed by atoms with Crippen molar-refractivity contribution in [1.29, 1.82) is 0 Å².